The maximum atomic E-state index is 13.7. The van der Waals surface area contributed by atoms with Crippen LogP contribution >= 0.6 is 24.0 Å². The third kappa shape index (κ3) is 4.87. The molecule has 1 aromatic carbocycles. The van der Waals surface area contributed by atoms with Gasteiger partial charge in [0.25, 0.3) is 5.91 Å². The van der Waals surface area contributed by atoms with Gasteiger partial charge in [0.15, 0.2) is 0 Å². The molecule has 2 rings (SSSR count). The van der Waals surface area contributed by atoms with E-state index in [9.17, 15) is 14.0 Å². The number of carbonyl (C=O) groups is 2. The SMILES string of the molecule is O=C(O)CCCCCN1C(=O)C(=Cc2ccccc2F)SC1=S. The Kier molecular flexibility index (Phi) is 6.29. The van der Waals surface area contributed by atoms with Crippen molar-refractivity contribution in [2.24, 2.45) is 0 Å². The molecule has 1 aromatic rings. The Morgan fingerprint density at radius 2 is 2.04 bits per heavy atom. The average Bonchev–Trinajstić information content (AvgIpc) is 2.76. The van der Waals surface area contributed by atoms with Gasteiger partial charge in [0.05, 0.1) is 4.91 Å². The van der Waals surface area contributed by atoms with Gasteiger partial charge in [-0.3, -0.25) is 14.5 Å². The second-order valence-electron chi connectivity index (χ2n) is 5.06. The fraction of sp³-hybridized carbons (Fsp3) is 0.312. The summed E-state index contributed by atoms with van der Waals surface area (Å²) in [6, 6.07) is 6.25. The normalized spacial score (nSPS) is 16.4. The molecule has 0 radical (unpaired) electrons. The predicted molar refractivity (Wildman–Crippen MR) is 92.4 cm³/mol. The molecule has 0 spiro atoms. The second-order valence-corrected chi connectivity index (χ2v) is 6.74. The molecule has 4 nitrogen and oxygen atoms in total. The first-order valence-corrected chi connectivity index (χ1v) is 8.43. The molecule has 0 atom stereocenters. The summed E-state index contributed by atoms with van der Waals surface area (Å²) >= 11 is 6.36. The zero-order valence-electron chi connectivity index (χ0n) is 12.3. The van der Waals surface area contributed by atoms with E-state index < -0.39 is 5.97 Å². The Balaban J connectivity index is 1.95. The van der Waals surface area contributed by atoms with Gasteiger partial charge >= 0.3 is 5.97 Å². The number of nitrogens with zero attached hydrogens (tertiary/aromatic N) is 1. The van der Waals surface area contributed by atoms with Crippen molar-refractivity contribution in [2.75, 3.05) is 6.54 Å². The van der Waals surface area contributed by atoms with Crippen LogP contribution < -0.4 is 0 Å². The van der Waals surface area contributed by atoms with Gasteiger partial charge in [-0.05, 0) is 25.0 Å². The van der Waals surface area contributed by atoms with E-state index in [1.54, 1.807) is 18.2 Å². The quantitative estimate of drug-likeness (QED) is 0.460. The molecule has 1 heterocycles. The summed E-state index contributed by atoms with van der Waals surface area (Å²) < 4.78 is 14.1. The van der Waals surface area contributed by atoms with Gasteiger partial charge in [-0.1, -0.05) is 48.6 Å². The molecule has 23 heavy (non-hydrogen) atoms. The number of carbonyl (C=O) groups excluding carboxylic acids is 1. The molecule has 1 N–H and O–H groups in total. The molecule has 122 valence electrons. The molecule has 0 bridgehead atoms. The van der Waals surface area contributed by atoms with Crippen molar-refractivity contribution in [2.45, 2.75) is 25.7 Å². The minimum absolute atomic E-state index is 0.131. The van der Waals surface area contributed by atoms with Gasteiger partial charge < -0.3 is 5.11 Å². The number of aliphatic carboxylic acids is 1. The molecule has 1 aliphatic heterocycles. The van der Waals surface area contributed by atoms with Crippen LogP contribution in [0.1, 0.15) is 31.2 Å². The minimum Gasteiger partial charge on any atom is -0.481 e. The summed E-state index contributed by atoms with van der Waals surface area (Å²) in [6.07, 6.45) is 3.63. The van der Waals surface area contributed by atoms with E-state index >= 15 is 0 Å². The average molecular weight is 353 g/mol. The lowest BCUT2D eigenvalue weighted by atomic mass is 10.2. The topological polar surface area (TPSA) is 57.6 Å². The lowest BCUT2D eigenvalue weighted by molar-refractivity contribution is -0.137. The van der Waals surface area contributed by atoms with E-state index in [0.717, 1.165) is 18.2 Å². The highest BCUT2D eigenvalue weighted by atomic mass is 32.2. The molecule has 1 fully saturated rings. The molecule has 0 unspecified atom stereocenters. The van der Waals surface area contributed by atoms with Crippen molar-refractivity contribution in [3.8, 4) is 0 Å². The number of thiocarbonyl (C=S) groups is 1. The third-order valence-corrected chi connectivity index (χ3v) is 4.72. The van der Waals surface area contributed by atoms with Crippen LogP contribution in [0.15, 0.2) is 29.2 Å². The van der Waals surface area contributed by atoms with Crippen LogP contribution in [0.3, 0.4) is 0 Å². The van der Waals surface area contributed by atoms with Crippen molar-refractivity contribution in [3.05, 3.63) is 40.6 Å². The minimum atomic E-state index is -0.816. The van der Waals surface area contributed by atoms with Gasteiger partial charge in [0, 0.05) is 18.5 Å². The highest BCUT2D eigenvalue weighted by Crippen LogP contribution is 2.33. The van der Waals surface area contributed by atoms with Crippen molar-refractivity contribution >= 4 is 46.3 Å². The Morgan fingerprint density at radius 3 is 2.74 bits per heavy atom. The Bertz CT molecular complexity index is 660. The zero-order chi connectivity index (χ0) is 16.8. The predicted octanol–water partition coefficient (Wildman–Crippen LogP) is 3.67. The number of carboxylic acid groups (broad SMARTS) is 1. The molecule has 7 heteroatoms. The highest BCUT2D eigenvalue weighted by molar-refractivity contribution is 8.26. The number of amides is 1. The van der Waals surface area contributed by atoms with E-state index in [1.807, 2.05) is 0 Å². The van der Waals surface area contributed by atoms with Crippen LogP contribution in [0.4, 0.5) is 4.39 Å². The monoisotopic (exact) mass is 353 g/mol. The van der Waals surface area contributed by atoms with Crippen LogP contribution in [-0.2, 0) is 9.59 Å². The second kappa shape index (κ2) is 8.21. The van der Waals surface area contributed by atoms with E-state index in [-0.39, 0.29) is 18.1 Å². The molecule has 1 saturated heterocycles. The number of thioether (sulfide) groups is 1. The van der Waals surface area contributed by atoms with Crippen molar-refractivity contribution in [1.29, 1.82) is 0 Å². The summed E-state index contributed by atoms with van der Waals surface area (Å²) in [5.41, 5.74) is 0.356. The first-order chi connectivity index (χ1) is 11.0. The lowest BCUT2D eigenvalue weighted by Gasteiger charge is -2.13. The molecular weight excluding hydrogens is 337 g/mol. The maximum absolute atomic E-state index is 13.7. The summed E-state index contributed by atoms with van der Waals surface area (Å²) in [4.78, 5) is 24.7. The Hall–Kier alpha value is -1.73. The van der Waals surface area contributed by atoms with Gasteiger partial charge in [0.2, 0.25) is 0 Å². The summed E-state index contributed by atoms with van der Waals surface area (Å²) in [6.45, 7) is 0.457. The van der Waals surface area contributed by atoms with Crippen LogP contribution in [0.25, 0.3) is 6.08 Å². The van der Waals surface area contributed by atoms with Crippen molar-refractivity contribution < 1.29 is 19.1 Å². The van der Waals surface area contributed by atoms with E-state index in [0.29, 0.717) is 34.2 Å². The standard InChI is InChI=1S/C16H16FNO3S2/c17-12-7-4-3-6-11(12)10-13-15(21)18(16(22)23-13)9-5-1-2-8-14(19)20/h3-4,6-7,10H,1-2,5,8-9H2,(H,19,20). The molecule has 0 saturated carbocycles. The molecule has 1 aliphatic rings. The highest BCUT2D eigenvalue weighted by Gasteiger charge is 2.31. The van der Waals surface area contributed by atoms with Crippen molar-refractivity contribution in [1.82, 2.24) is 4.90 Å². The number of hydrogen-bond donors (Lipinski definition) is 1. The summed E-state index contributed by atoms with van der Waals surface area (Å²) in [5.74, 6) is -1.42. The van der Waals surface area contributed by atoms with Crippen molar-refractivity contribution in [3.63, 3.8) is 0 Å². The lowest BCUT2D eigenvalue weighted by Crippen LogP contribution is -2.29. The number of halogens is 1. The zero-order valence-corrected chi connectivity index (χ0v) is 14.0. The van der Waals surface area contributed by atoms with Crippen LogP contribution in [0, 0.1) is 5.82 Å². The van der Waals surface area contributed by atoms with Gasteiger partial charge in [-0.15, -0.1) is 0 Å². The fourth-order valence-corrected chi connectivity index (χ4v) is 3.45. The first kappa shape index (κ1) is 17.6. The Labute approximate surface area is 143 Å². The first-order valence-electron chi connectivity index (χ1n) is 7.20. The summed E-state index contributed by atoms with van der Waals surface area (Å²) in [7, 11) is 0. The number of benzene rings is 1. The number of hydrogen-bond acceptors (Lipinski definition) is 4. The smallest absolute Gasteiger partial charge is 0.303 e. The largest absolute Gasteiger partial charge is 0.481 e. The number of unbranched alkanes of at least 4 members (excludes halogenated alkanes) is 2. The van der Waals surface area contributed by atoms with Gasteiger partial charge in [0.1, 0.15) is 10.1 Å². The fourth-order valence-electron chi connectivity index (χ4n) is 2.15. The molecular formula is C16H16FNO3S2. The van der Waals surface area contributed by atoms with Crippen LogP contribution in [0.5, 0.6) is 0 Å². The summed E-state index contributed by atoms with van der Waals surface area (Å²) in [5, 5.41) is 8.58. The molecule has 0 aromatic heterocycles. The van der Waals surface area contributed by atoms with E-state index in [4.69, 9.17) is 17.3 Å². The van der Waals surface area contributed by atoms with E-state index in [2.05, 4.69) is 0 Å². The van der Waals surface area contributed by atoms with Crippen LogP contribution in [-0.4, -0.2) is 32.7 Å². The van der Waals surface area contributed by atoms with Gasteiger partial charge in [-0.25, -0.2) is 4.39 Å². The molecule has 0 aliphatic carbocycles. The van der Waals surface area contributed by atoms with Gasteiger partial charge in [-0.2, -0.15) is 0 Å². The number of carboxylic acids is 1. The van der Waals surface area contributed by atoms with Crippen LogP contribution in [0.2, 0.25) is 0 Å². The number of rotatable bonds is 7. The molecule has 1 amide bonds. The third-order valence-electron chi connectivity index (χ3n) is 3.34. The Morgan fingerprint density at radius 1 is 1.30 bits per heavy atom. The maximum Gasteiger partial charge on any atom is 0.303 e. The van der Waals surface area contributed by atoms with E-state index in [1.165, 1.54) is 17.0 Å².